The standard InChI is InChI=1S/C11H20N2O/c1-3-9(4-2)7-11(13-12)10-5-6-14-8-10/h5-6,8-9,11,13H,3-4,7,12H2,1-2H3. The van der Waals surface area contributed by atoms with E-state index in [2.05, 4.69) is 19.3 Å². The van der Waals surface area contributed by atoms with Gasteiger partial charge in [0.1, 0.15) is 0 Å². The van der Waals surface area contributed by atoms with E-state index >= 15 is 0 Å². The van der Waals surface area contributed by atoms with Crippen molar-refractivity contribution in [1.82, 2.24) is 5.43 Å². The number of hydrogen-bond acceptors (Lipinski definition) is 3. The average Bonchev–Trinajstić information content (AvgIpc) is 2.73. The molecule has 0 aliphatic rings. The molecule has 3 N–H and O–H groups in total. The van der Waals surface area contributed by atoms with Gasteiger partial charge in [-0.05, 0) is 18.4 Å². The predicted molar refractivity (Wildman–Crippen MR) is 57.5 cm³/mol. The van der Waals surface area contributed by atoms with Crippen LogP contribution in [0, 0.1) is 5.92 Å². The Labute approximate surface area is 85.6 Å². The van der Waals surface area contributed by atoms with Crippen LogP contribution in [-0.2, 0) is 0 Å². The van der Waals surface area contributed by atoms with Gasteiger partial charge in [-0.1, -0.05) is 26.7 Å². The van der Waals surface area contributed by atoms with E-state index in [1.54, 1.807) is 12.5 Å². The molecule has 0 aromatic carbocycles. The van der Waals surface area contributed by atoms with Gasteiger partial charge < -0.3 is 4.42 Å². The molecule has 0 saturated heterocycles. The van der Waals surface area contributed by atoms with Gasteiger partial charge in [-0.25, -0.2) is 0 Å². The number of hydrogen-bond donors (Lipinski definition) is 2. The highest BCUT2D eigenvalue weighted by Crippen LogP contribution is 2.24. The molecule has 1 aromatic heterocycles. The number of furan rings is 1. The van der Waals surface area contributed by atoms with Crippen LogP contribution in [0.15, 0.2) is 23.0 Å². The Morgan fingerprint density at radius 1 is 1.43 bits per heavy atom. The lowest BCUT2D eigenvalue weighted by molar-refractivity contribution is 0.373. The van der Waals surface area contributed by atoms with E-state index in [-0.39, 0.29) is 6.04 Å². The van der Waals surface area contributed by atoms with E-state index in [0.717, 1.165) is 17.9 Å². The van der Waals surface area contributed by atoms with E-state index in [1.165, 1.54) is 12.8 Å². The molecule has 1 aromatic rings. The zero-order valence-electron chi connectivity index (χ0n) is 8.99. The Bertz CT molecular complexity index is 229. The minimum absolute atomic E-state index is 0.221. The lowest BCUT2D eigenvalue weighted by atomic mass is 9.92. The molecule has 0 fully saturated rings. The average molecular weight is 196 g/mol. The summed E-state index contributed by atoms with van der Waals surface area (Å²) in [6.07, 6.45) is 6.92. The number of hydrazine groups is 1. The lowest BCUT2D eigenvalue weighted by Gasteiger charge is -2.19. The zero-order valence-corrected chi connectivity index (χ0v) is 8.99. The van der Waals surface area contributed by atoms with Crippen LogP contribution in [-0.4, -0.2) is 0 Å². The summed E-state index contributed by atoms with van der Waals surface area (Å²) in [7, 11) is 0. The first-order valence-corrected chi connectivity index (χ1v) is 5.30. The highest BCUT2D eigenvalue weighted by Gasteiger charge is 2.15. The lowest BCUT2D eigenvalue weighted by Crippen LogP contribution is -2.29. The Balaban J connectivity index is 2.55. The van der Waals surface area contributed by atoms with Crippen molar-refractivity contribution < 1.29 is 4.42 Å². The van der Waals surface area contributed by atoms with Crippen LogP contribution in [0.4, 0.5) is 0 Å². The molecule has 1 rings (SSSR count). The third-order valence-corrected chi connectivity index (χ3v) is 2.87. The molecule has 0 bridgehead atoms. The summed E-state index contributed by atoms with van der Waals surface area (Å²) < 4.78 is 5.05. The molecular weight excluding hydrogens is 176 g/mol. The Hall–Kier alpha value is -0.800. The van der Waals surface area contributed by atoms with Crippen molar-refractivity contribution in [3.63, 3.8) is 0 Å². The quantitative estimate of drug-likeness (QED) is 0.543. The second-order valence-electron chi connectivity index (χ2n) is 3.69. The van der Waals surface area contributed by atoms with Crippen LogP contribution in [0.25, 0.3) is 0 Å². The summed E-state index contributed by atoms with van der Waals surface area (Å²) in [5.41, 5.74) is 3.98. The van der Waals surface area contributed by atoms with Crippen molar-refractivity contribution in [2.24, 2.45) is 11.8 Å². The zero-order chi connectivity index (χ0) is 10.4. The van der Waals surface area contributed by atoms with Gasteiger partial charge in [0, 0.05) is 11.6 Å². The molecule has 0 amide bonds. The Morgan fingerprint density at radius 3 is 2.57 bits per heavy atom. The summed E-state index contributed by atoms with van der Waals surface area (Å²) in [6, 6.07) is 2.19. The highest BCUT2D eigenvalue weighted by molar-refractivity contribution is 5.11. The topological polar surface area (TPSA) is 51.2 Å². The summed E-state index contributed by atoms with van der Waals surface area (Å²) in [6.45, 7) is 4.44. The molecule has 1 heterocycles. The monoisotopic (exact) mass is 196 g/mol. The van der Waals surface area contributed by atoms with Gasteiger partial charge in [0.25, 0.3) is 0 Å². The van der Waals surface area contributed by atoms with Crippen LogP contribution in [0.1, 0.15) is 44.7 Å². The van der Waals surface area contributed by atoms with E-state index in [1.807, 2.05) is 6.07 Å². The van der Waals surface area contributed by atoms with Crippen molar-refractivity contribution in [2.45, 2.75) is 39.2 Å². The summed E-state index contributed by atoms with van der Waals surface area (Å²) in [5.74, 6) is 6.26. The maximum absolute atomic E-state index is 5.53. The second-order valence-corrected chi connectivity index (χ2v) is 3.69. The smallest absolute Gasteiger partial charge is 0.0950 e. The molecule has 14 heavy (non-hydrogen) atoms. The molecule has 0 aliphatic carbocycles. The summed E-state index contributed by atoms with van der Waals surface area (Å²) in [4.78, 5) is 0. The van der Waals surface area contributed by atoms with E-state index < -0.39 is 0 Å². The van der Waals surface area contributed by atoms with Crippen LogP contribution in [0.5, 0.6) is 0 Å². The fourth-order valence-corrected chi connectivity index (χ4v) is 1.73. The fourth-order valence-electron chi connectivity index (χ4n) is 1.73. The third-order valence-electron chi connectivity index (χ3n) is 2.87. The van der Waals surface area contributed by atoms with Gasteiger partial charge in [0.15, 0.2) is 0 Å². The highest BCUT2D eigenvalue weighted by atomic mass is 16.3. The molecule has 3 heteroatoms. The van der Waals surface area contributed by atoms with Gasteiger partial charge >= 0.3 is 0 Å². The summed E-state index contributed by atoms with van der Waals surface area (Å²) >= 11 is 0. The number of rotatable bonds is 6. The fraction of sp³-hybridized carbons (Fsp3) is 0.636. The van der Waals surface area contributed by atoms with E-state index in [4.69, 9.17) is 10.3 Å². The maximum atomic E-state index is 5.53. The third kappa shape index (κ3) is 2.86. The summed E-state index contributed by atoms with van der Waals surface area (Å²) in [5, 5.41) is 0. The minimum Gasteiger partial charge on any atom is -0.472 e. The molecule has 3 nitrogen and oxygen atoms in total. The number of nitrogens with two attached hydrogens (primary N) is 1. The predicted octanol–water partition coefficient (Wildman–Crippen LogP) is 2.61. The second kappa shape index (κ2) is 5.83. The SMILES string of the molecule is CCC(CC)CC(NN)c1ccoc1. The first-order chi connectivity index (χ1) is 6.81. The maximum Gasteiger partial charge on any atom is 0.0950 e. The normalized spacial score (nSPS) is 13.4. The van der Waals surface area contributed by atoms with Crippen LogP contribution < -0.4 is 11.3 Å². The van der Waals surface area contributed by atoms with Gasteiger partial charge in [-0.15, -0.1) is 0 Å². The molecule has 80 valence electrons. The van der Waals surface area contributed by atoms with Crippen molar-refractivity contribution in [1.29, 1.82) is 0 Å². The molecule has 0 radical (unpaired) electrons. The van der Waals surface area contributed by atoms with Crippen LogP contribution in [0.3, 0.4) is 0 Å². The molecule has 0 spiro atoms. The van der Waals surface area contributed by atoms with E-state index in [9.17, 15) is 0 Å². The van der Waals surface area contributed by atoms with Crippen molar-refractivity contribution in [3.05, 3.63) is 24.2 Å². The van der Waals surface area contributed by atoms with Gasteiger partial charge in [0.05, 0.1) is 12.5 Å². The minimum atomic E-state index is 0.221. The van der Waals surface area contributed by atoms with Crippen molar-refractivity contribution >= 4 is 0 Å². The molecule has 1 atom stereocenters. The van der Waals surface area contributed by atoms with Crippen molar-refractivity contribution in [2.75, 3.05) is 0 Å². The van der Waals surface area contributed by atoms with E-state index in [0.29, 0.717) is 0 Å². The van der Waals surface area contributed by atoms with Gasteiger partial charge in [0.2, 0.25) is 0 Å². The Kier molecular flexibility index (Phi) is 4.70. The molecule has 0 aliphatic heterocycles. The number of nitrogens with one attached hydrogen (secondary N) is 1. The first kappa shape index (κ1) is 11.3. The van der Waals surface area contributed by atoms with Crippen LogP contribution >= 0.6 is 0 Å². The largest absolute Gasteiger partial charge is 0.472 e. The molecule has 1 unspecified atom stereocenters. The van der Waals surface area contributed by atoms with Crippen LogP contribution in [0.2, 0.25) is 0 Å². The molecule has 0 saturated carbocycles. The first-order valence-electron chi connectivity index (χ1n) is 5.30. The van der Waals surface area contributed by atoms with Gasteiger partial charge in [-0.3, -0.25) is 11.3 Å². The van der Waals surface area contributed by atoms with Crippen molar-refractivity contribution in [3.8, 4) is 0 Å². The Morgan fingerprint density at radius 2 is 2.14 bits per heavy atom. The van der Waals surface area contributed by atoms with Gasteiger partial charge in [-0.2, -0.15) is 0 Å². The molecular formula is C11H20N2O.